The third-order valence-corrected chi connectivity index (χ3v) is 3.22. The third kappa shape index (κ3) is 2.36. The molecule has 92 valence electrons. The van der Waals surface area contributed by atoms with Crippen molar-refractivity contribution in [2.75, 3.05) is 0 Å². The Balaban J connectivity index is 2.12. The van der Waals surface area contributed by atoms with E-state index >= 15 is 0 Å². The van der Waals surface area contributed by atoms with Gasteiger partial charge in [-0.3, -0.25) is 0 Å². The van der Waals surface area contributed by atoms with E-state index in [-0.39, 0.29) is 0 Å². The standard InChI is InChI=1S/C18H15N/c19-18(13-14-7-2-1-3-8-14)17-12-6-10-15-9-4-5-11-16(15)17/h1-13H,19H2. The molecule has 0 bridgehead atoms. The maximum atomic E-state index is 6.25. The first-order valence-electron chi connectivity index (χ1n) is 6.35. The molecule has 0 saturated heterocycles. The zero-order valence-electron chi connectivity index (χ0n) is 10.6. The van der Waals surface area contributed by atoms with Gasteiger partial charge in [0, 0.05) is 11.3 Å². The van der Waals surface area contributed by atoms with Crippen molar-refractivity contribution in [2.24, 2.45) is 5.73 Å². The Morgan fingerprint density at radius 1 is 0.737 bits per heavy atom. The molecule has 0 unspecified atom stereocenters. The Labute approximate surface area is 113 Å². The molecule has 0 fully saturated rings. The fourth-order valence-electron chi connectivity index (χ4n) is 2.28. The molecule has 2 N–H and O–H groups in total. The topological polar surface area (TPSA) is 26.0 Å². The van der Waals surface area contributed by atoms with E-state index in [1.807, 2.05) is 42.5 Å². The number of hydrogen-bond acceptors (Lipinski definition) is 1. The molecule has 1 nitrogen and oxygen atoms in total. The second-order valence-corrected chi connectivity index (χ2v) is 4.54. The van der Waals surface area contributed by atoms with Gasteiger partial charge < -0.3 is 5.73 Å². The molecule has 0 saturated carbocycles. The Morgan fingerprint density at radius 2 is 1.42 bits per heavy atom. The molecule has 0 spiro atoms. The van der Waals surface area contributed by atoms with Gasteiger partial charge in [-0.25, -0.2) is 0 Å². The van der Waals surface area contributed by atoms with Crippen LogP contribution in [-0.2, 0) is 0 Å². The first-order chi connectivity index (χ1) is 9.34. The SMILES string of the molecule is NC(=Cc1ccccc1)c1cccc2ccccc12. The van der Waals surface area contributed by atoms with E-state index in [1.54, 1.807) is 0 Å². The molecular formula is C18H15N. The lowest BCUT2D eigenvalue weighted by atomic mass is 10.0. The van der Waals surface area contributed by atoms with Crippen molar-refractivity contribution in [3.63, 3.8) is 0 Å². The highest BCUT2D eigenvalue weighted by Gasteiger charge is 2.02. The largest absolute Gasteiger partial charge is 0.398 e. The minimum atomic E-state index is 0.794. The minimum absolute atomic E-state index is 0.794. The summed E-state index contributed by atoms with van der Waals surface area (Å²) in [6, 6.07) is 24.7. The van der Waals surface area contributed by atoms with Crippen molar-refractivity contribution in [2.45, 2.75) is 0 Å². The lowest BCUT2D eigenvalue weighted by molar-refractivity contribution is 1.56. The number of hydrogen-bond donors (Lipinski definition) is 1. The molecule has 0 atom stereocenters. The van der Waals surface area contributed by atoms with Crippen molar-refractivity contribution in [1.29, 1.82) is 0 Å². The van der Waals surface area contributed by atoms with E-state index in [0.717, 1.165) is 16.8 Å². The van der Waals surface area contributed by atoms with E-state index < -0.39 is 0 Å². The van der Waals surface area contributed by atoms with Crippen LogP contribution in [0.5, 0.6) is 0 Å². The van der Waals surface area contributed by atoms with Gasteiger partial charge in [-0.1, -0.05) is 72.8 Å². The fraction of sp³-hybridized carbons (Fsp3) is 0. The van der Waals surface area contributed by atoms with Crippen molar-refractivity contribution >= 4 is 22.5 Å². The summed E-state index contributed by atoms with van der Waals surface area (Å²) in [7, 11) is 0. The summed E-state index contributed by atoms with van der Waals surface area (Å²) in [4.78, 5) is 0. The van der Waals surface area contributed by atoms with Crippen LogP contribution in [0.25, 0.3) is 22.5 Å². The van der Waals surface area contributed by atoms with Gasteiger partial charge in [0.25, 0.3) is 0 Å². The average molecular weight is 245 g/mol. The molecule has 0 aliphatic carbocycles. The van der Waals surface area contributed by atoms with E-state index in [1.165, 1.54) is 10.8 Å². The van der Waals surface area contributed by atoms with Crippen LogP contribution in [0.15, 0.2) is 72.8 Å². The number of nitrogens with two attached hydrogens (primary N) is 1. The van der Waals surface area contributed by atoms with Crippen LogP contribution in [0.3, 0.4) is 0 Å². The van der Waals surface area contributed by atoms with E-state index in [0.29, 0.717) is 0 Å². The molecule has 1 heteroatoms. The molecule has 0 amide bonds. The summed E-state index contributed by atoms with van der Waals surface area (Å²) >= 11 is 0. The highest BCUT2D eigenvalue weighted by molar-refractivity contribution is 5.96. The predicted octanol–water partition coefficient (Wildman–Crippen LogP) is 4.30. The molecular weight excluding hydrogens is 230 g/mol. The maximum absolute atomic E-state index is 6.25. The van der Waals surface area contributed by atoms with Crippen LogP contribution >= 0.6 is 0 Å². The van der Waals surface area contributed by atoms with Crippen LogP contribution in [0.1, 0.15) is 11.1 Å². The Kier molecular flexibility index (Phi) is 3.03. The second kappa shape index (κ2) is 4.99. The van der Waals surface area contributed by atoms with Gasteiger partial charge in [0.05, 0.1) is 0 Å². The Bertz CT molecular complexity index is 722. The smallest absolute Gasteiger partial charge is 0.0399 e. The highest BCUT2D eigenvalue weighted by Crippen LogP contribution is 2.23. The Morgan fingerprint density at radius 3 is 2.26 bits per heavy atom. The van der Waals surface area contributed by atoms with E-state index in [4.69, 9.17) is 5.73 Å². The van der Waals surface area contributed by atoms with Gasteiger partial charge in [-0.05, 0) is 22.4 Å². The quantitative estimate of drug-likeness (QED) is 0.669. The van der Waals surface area contributed by atoms with Gasteiger partial charge in [0.1, 0.15) is 0 Å². The molecule has 0 aromatic heterocycles. The summed E-state index contributed by atoms with van der Waals surface area (Å²) in [5.74, 6) is 0. The zero-order valence-corrected chi connectivity index (χ0v) is 10.6. The van der Waals surface area contributed by atoms with Gasteiger partial charge in [0.2, 0.25) is 0 Å². The molecule has 3 rings (SSSR count). The highest BCUT2D eigenvalue weighted by atomic mass is 14.6. The maximum Gasteiger partial charge on any atom is 0.0399 e. The summed E-state index contributed by atoms with van der Waals surface area (Å²) in [5, 5.41) is 2.40. The lowest BCUT2D eigenvalue weighted by Gasteiger charge is -2.07. The molecule has 0 radical (unpaired) electrons. The lowest BCUT2D eigenvalue weighted by Crippen LogP contribution is -1.97. The average Bonchev–Trinajstić information content (AvgIpc) is 2.47. The molecule has 19 heavy (non-hydrogen) atoms. The monoisotopic (exact) mass is 245 g/mol. The minimum Gasteiger partial charge on any atom is -0.398 e. The van der Waals surface area contributed by atoms with Gasteiger partial charge >= 0.3 is 0 Å². The summed E-state index contributed by atoms with van der Waals surface area (Å²) < 4.78 is 0. The third-order valence-electron chi connectivity index (χ3n) is 3.22. The molecule has 3 aromatic carbocycles. The van der Waals surface area contributed by atoms with Gasteiger partial charge in [-0.2, -0.15) is 0 Å². The van der Waals surface area contributed by atoms with E-state index in [2.05, 4.69) is 36.4 Å². The van der Waals surface area contributed by atoms with Crippen LogP contribution < -0.4 is 5.73 Å². The normalized spacial score (nSPS) is 11.7. The first kappa shape index (κ1) is 11.5. The number of rotatable bonds is 2. The fourth-order valence-corrected chi connectivity index (χ4v) is 2.28. The molecule has 3 aromatic rings. The summed E-state index contributed by atoms with van der Waals surface area (Å²) in [5.41, 5.74) is 9.25. The van der Waals surface area contributed by atoms with E-state index in [9.17, 15) is 0 Å². The Hall–Kier alpha value is -2.54. The molecule has 0 aliphatic rings. The summed E-state index contributed by atoms with van der Waals surface area (Å²) in [6.07, 6.45) is 2.02. The van der Waals surface area contributed by atoms with Crippen LogP contribution in [0, 0.1) is 0 Å². The molecule has 0 heterocycles. The van der Waals surface area contributed by atoms with Crippen molar-refractivity contribution in [3.8, 4) is 0 Å². The molecule has 0 aliphatic heterocycles. The predicted molar refractivity (Wildman–Crippen MR) is 82.4 cm³/mol. The van der Waals surface area contributed by atoms with Crippen molar-refractivity contribution < 1.29 is 0 Å². The van der Waals surface area contributed by atoms with Gasteiger partial charge in [-0.15, -0.1) is 0 Å². The van der Waals surface area contributed by atoms with Crippen molar-refractivity contribution in [3.05, 3.63) is 83.9 Å². The van der Waals surface area contributed by atoms with Crippen molar-refractivity contribution in [1.82, 2.24) is 0 Å². The van der Waals surface area contributed by atoms with Crippen LogP contribution in [-0.4, -0.2) is 0 Å². The second-order valence-electron chi connectivity index (χ2n) is 4.54. The number of benzene rings is 3. The van der Waals surface area contributed by atoms with Crippen LogP contribution in [0.4, 0.5) is 0 Å². The summed E-state index contributed by atoms with van der Waals surface area (Å²) in [6.45, 7) is 0. The number of fused-ring (bicyclic) bond motifs is 1. The zero-order chi connectivity index (χ0) is 13.1. The van der Waals surface area contributed by atoms with Crippen LogP contribution in [0.2, 0.25) is 0 Å². The van der Waals surface area contributed by atoms with Gasteiger partial charge in [0.15, 0.2) is 0 Å². The first-order valence-corrected chi connectivity index (χ1v) is 6.35.